The SMILES string of the molecule is C[S@@](=O)Cc1c(C(=O)Nc2cccc(OC3CCCC3)c2)sc2ccccc12. The van der Waals surface area contributed by atoms with Crippen molar-refractivity contribution < 1.29 is 13.7 Å². The summed E-state index contributed by atoms with van der Waals surface area (Å²) < 4.78 is 18.9. The first-order valence-electron chi connectivity index (χ1n) is 9.48. The average molecular weight is 414 g/mol. The quantitative estimate of drug-likeness (QED) is 0.592. The molecule has 1 aromatic heterocycles. The van der Waals surface area contributed by atoms with Crippen LogP contribution in [0, 0.1) is 0 Å². The zero-order valence-electron chi connectivity index (χ0n) is 15.8. The van der Waals surface area contributed by atoms with Gasteiger partial charge in [0.1, 0.15) is 5.75 Å². The van der Waals surface area contributed by atoms with Crippen LogP contribution in [0.4, 0.5) is 5.69 Å². The van der Waals surface area contributed by atoms with Crippen LogP contribution in [0.1, 0.15) is 40.9 Å². The number of carbonyl (C=O) groups excluding carboxylic acids is 1. The molecule has 1 saturated carbocycles. The number of anilines is 1. The molecule has 1 fully saturated rings. The van der Waals surface area contributed by atoms with Gasteiger partial charge in [-0.25, -0.2) is 0 Å². The largest absolute Gasteiger partial charge is 0.490 e. The zero-order valence-corrected chi connectivity index (χ0v) is 17.4. The minimum absolute atomic E-state index is 0.167. The second-order valence-electron chi connectivity index (χ2n) is 7.13. The van der Waals surface area contributed by atoms with E-state index >= 15 is 0 Å². The molecule has 4 nitrogen and oxygen atoms in total. The molecule has 1 heterocycles. The van der Waals surface area contributed by atoms with Crippen LogP contribution in [0.15, 0.2) is 48.5 Å². The summed E-state index contributed by atoms with van der Waals surface area (Å²) in [6.45, 7) is 0. The molecule has 1 atom stereocenters. The lowest BCUT2D eigenvalue weighted by molar-refractivity contribution is 0.103. The molecule has 1 aliphatic carbocycles. The second-order valence-corrected chi connectivity index (χ2v) is 9.62. The summed E-state index contributed by atoms with van der Waals surface area (Å²) in [6.07, 6.45) is 6.56. The van der Waals surface area contributed by atoms with Gasteiger partial charge in [0, 0.05) is 33.5 Å². The Balaban J connectivity index is 1.57. The number of fused-ring (bicyclic) bond motifs is 1. The Labute approximate surface area is 171 Å². The summed E-state index contributed by atoms with van der Waals surface area (Å²) in [5.41, 5.74) is 1.57. The molecule has 0 spiro atoms. The number of carbonyl (C=O) groups is 1. The van der Waals surface area contributed by atoms with Crippen LogP contribution < -0.4 is 10.1 Å². The van der Waals surface area contributed by atoms with Gasteiger partial charge >= 0.3 is 0 Å². The van der Waals surface area contributed by atoms with Gasteiger partial charge in [0.25, 0.3) is 5.91 Å². The summed E-state index contributed by atoms with van der Waals surface area (Å²) in [5.74, 6) is 0.994. The highest BCUT2D eigenvalue weighted by Gasteiger charge is 2.20. The van der Waals surface area contributed by atoms with Crippen LogP contribution in [0.2, 0.25) is 0 Å². The molecule has 0 radical (unpaired) electrons. The molecule has 6 heteroatoms. The molecule has 2 aromatic carbocycles. The molecule has 0 unspecified atom stereocenters. The van der Waals surface area contributed by atoms with Gasteiger partial charge in [-0.15, -0.1) is 11.3 Å². The van der Waals surface area contributed by atoms with E-state index in [-0.39, 0.29) is 12.0 Å². The minimum Gasteiger partial charge on any atom is -0.490 e. The first-order chi connectivity index (χ1) is 13.6. The Bertz CT molecular complexity index is 1020. The molecule has 0 saturated heterocycles. The van der Waals surface area contributed by atoms with Crippen molar-refractivity contribution in [1.82, 2.24) is 0 Å². The highest BCUT2D eigenvalue weighted by molar-refractivity contribution is 7.83. The Morgan fingerprint density at radius 3 is 2.75 bits per heavy atom. The molecular weight excluding hydrogens is 390 g/mol. The number of rotatable bonds is 6. The molecule has 146 valence electrons. The fraction of sp³-hybridized carbons (Fsp3) is 0.318. The number of benzene rings is 2. The van der Waals surface area contributed by atoms with Gasteiger partial charge in [-0.3, -0.25) is 9.00 Å². The molecule has 0 bridgehead atoms. The van der Waals surface area contributed by atoms with Crippen LogP contribution in [0.25, 0.3) is 10.1 Å². The lowest BCUT2D eigenvalue weighted by Crippen LogP contribution is -2.14. The normalized spacial score (nSPS) is 15.6. The van der Waals surface area contributed by atoms with Gasteiger partial charge in [-0.2, -0.15) is 0 Å². The number of ether oxygens (including phenoxy) is 1. The molecule has 0 aliphatic heterocycles. The smallest absolute Gasteiger partial charge is 0.266 e. The topological polar surface area (TPSA) is 55.4 Å². The summed E-state index contributed by atoms with van der Waals surface area (Å²) in [4.78, 5) is 13.6. The third-order valence-corrected chi connectivity index (χ3v) is 6.86. The Kier molecular flexibility index (Phi) is 5.78. The maximum Gasteiger partial charge on any atom is 0.266 e. The fourth-order valence-electron chi connectivity index (χ4n) is 3.66. The van der Waals surface area contributed by atoms with Gasteiger partial charge in [0.05, 0.1) is 16.7 Å². The van der Waals surface area contributed by atoms with E-state index in [1.165, 1.54) is 24.2 Å². The van der Waals surface area contributed by atoms with E-state index in [9.17, 15) is 9.00 Å². The number of nitrogens with one attached hydrogen (secondary N) is 1. The summed E-state index contributed by atoms with van der Waals surface area (Å²) >= 11 is 1.45. The van der Waals surface area contributed by atoms with Crippen LogP contribution in [0.5, 0.6) is 5.75 Å². The highest BCUT2D eigenvalue weighted by atomic mass is 32.2. The number of hydrogen-bond acceptors (Lipinski definition) is 4. The van der Waals surface area contributed by atoms with Crippen molar-refractivity contribution in [3.8, 4) is 5.75 Å². The Morgan fingerprint density at radius 1 is 1.18 bits per heavy atom. The lowest BCUT2D eigenvalue weighted by Gasteiger charge is -2.14. The third kappa shape index (κ3) is 4.28. The second kappa shape index (κ2) is 8.45. The molecule has 1 N–H and O–H groups in total. The predicted octanol–water partition coefficient (Wildman–Crippen LogP) is 5.35. The van der Waals surface area contributed by atoms with E-state index in [0.29, 0.717) is 16.3 Å². The van der Waals surface area contributed by atoms with Crippen molar-refractivity contribution in [2.75, 3.05) is 11.6 Å². The van der Waals surface area contributed by atoms with E-state index in [2.05, 4.69) is 5.32 Å². The van der Waals surface area contributed by atoms with E-state index < -0.39 is 10.8 Å². The first-order valence-corrected chi connectivity index (χ1v) is 12.0. The summed E-state index contributed by atoms with van der Waals surface area (Å²) in [5, 5.41) is 4.00. The summed E-state index contributed by atoms with van der Waals surface area (Å²) in [6, 6.07) is 15.5. The Morgan fingerprint density at radius 2 is 1.96 bits per heavy atom. The minimum atomic E-state index is -1.02. The van der Waals surface area contributed by atoms with E-state index in [1.54, 1.807) is 6.26 Å². The highest BCUT2D eigenvalue weighted by Crippen LogP contribution is 2.33. The summed E-state index contributed by atoms with van der Waals surface area (Å²) in [7, 11) is -1.02. The van der Waals surface area contributed by atoms with E-state index in [4.69, 9.17) is 4.74 Å². The maximum atomic E-state index is 13.0. The van der Waals surface area contributed by atoms with Crippen LogP contribution in [-0.4, -0.2) is 22.5 Å². The molecule has 1 aliphatic rings. The maximum absolute atomic E-state index is 13.0. The van der Waals surface area contributed by atoms with Crippen molar-refractivity contribution in [2.45, 2.75) is 37.5 Å². The van der Waals surface area contributed by atoms with Crippen molar-refractivity contribution in [1.29, 1.82) is 0 Å². The van der Waals surface area contributed by atoms with Gasteiger partial charge in [-0.05, 0) is 54.8 Å². The van der Waals surface area contributed by atoms with Crippen LogP contribution in [0.3, 0.4) is 0 Å². The third-order valence-electron chi connectivity index (χ3n) is 4.95. The first kappa shape index (κ1) is 19.2. The van der Waals surface area contributed by atoms with Crippen molar-refractivity contribution in [2.24, 2.45) is 0 Å². The van der Waals surface area contributed by atoms with Crippen LogP contribution >= 0.6 is 11.3 Å². The molecule has 3 aromatic rings. The molecular formula is C22H23NO3S2. The van der Waals surface area contributed by atoms with Gasteiger partial charge in [0.15, 0.2) is 0 Å². The zero-order chi connectivity index (χ0) is 19.5. The Hall–Kier alpha value is -2.18. The number of amides is 1. The number of thiophene rings is 1. The van der Waals surface area contributed by atoms with E-state index in [0.717, 1.165) is 34.2 Å². The van der Waals surface area contributed by atoms with Gasteiger partial charge < -0.3 is 10.1 Å². The monoisotopic (exact) mass is 413 g/mol. The van der Waals surface area contributed by atoms with Crippen LogP contribution in [-0.2, 0) is 16.6 Å². The van der Waals surface area contributed by atoms with Gasteiger partial charge in [-0.1, -0.05) is 24.3 Å². The molecule has 1 amide bonds. The predicted molar refractivity (Wildman–Crippen MR) is 117 cm³/mol. The van der Waals surface area contributed by atoms with Gasteiger partial charge in [0.2, 0.25) is 0 Å². The lowest BCUT2D eigenvalue weighted by atomic mass is 10.1. The van der Waals surface area contributed by atoms with Crippen molar-refractivity contribution in [3.63, 3.8) is 0 Å². The number of hydrogen-bond donors (Lipinski definition) is 1. The van der Waals surface area contributed by atoms with E-state index in [1.807, 2.05) is 48.5 Å². The van der Waals surface area contributed by atoms with Crippen molar-refractivity contribution >= 4 is 43.8 Å². The molecule has 28 heavy (non-hydrogen) atoms. The fourth-order valence-corrected chi connectivity index (χ4v) is 5.58. The van der Waals surface area contributed by atoms with Crippen molar-refractivity contribution in [3.05, 3.63) is 59.0 Å². The standard InChI is InChI=1S/C22H23NO3S2/c1-28(25)14-19-18-11-4-5-12-20(18)27-21(19)22(24)23-15-7-6-10-17(13-15)26-16-8-2-3-9-16/h4-7,10-13,16H,2-3,8-9,14H2,1H3,(H,23,24)/t28-/m1/s1. The molecule has 4 rings (SSSR count). The average Bonchev–Trinajstić information content (AvgIpc) is 3.30.